The minimum Gasteiger partial charge on any atom is -0.462 e. The van der Waals surface area contributed by atoms with Gasteiger partial charge in [-0.05, 0) is 12.1 Å². The number of benzene rings is 1. The van der Waals surface area contributed by atoms with Crippen LogP contribution < -0.4 is 0 Å². The molecule has 0 unspecified atom stereocenters. The standard InChI is InChI=1S/C10H5Cl2NO/c11-7-3-8-6(1-2-13)5-14-10(8)9(12)4-7/h3-5H,1H2. The largest absolute Gasteiger partial charge is 0.462 e. The van der Waals surface area contributed by atoms with Gasteiger partial charge in [-0.25, -0.2) is 0 Å². The number of halogens is 2. The molecule has 0 atom stereocenters. The first-order valence-electron chi connectivity index (χ1n) is 3.94. The summed E-state index contributed by atoms with van der Waals surface area (Å²) in [4.78, 5) is 0. The fourth-order valence-electron chi connectivity index (χ4n) is 1.33. The van der Waals surface area contributed by atoms with Crippen LogP contribution >= 0.6 is 23.2 Å². The van der Waals surface area contributed by atoms with Gasteiger partial charge in [0.1, 0.15) is 0 Å². The average Bonchev–Trinajstić information content (AvgIpc) is 2.49. The van der Waals surface area contributed by atoms with E-state index in [4.69, 9.17) is 32.9 Å². The minimum absolute atomic E-state index is 0.295. The minimum atomic E-state index is 0.295. The third-order valence-corrected chi connectivity index (χ3v) is 2.44. The molecule has 0 spiro atoms. The summed E-state index contributed by atoms with van der Waals surface area (Å²) in [5, 5.41) is 10.4. The Morgan fingerprint density at radius 3 is 2.86 bits per heavy atom. The summed E-state index contributed by atoms with van der Waals surface area (Å²) in [6.07, 6.45) is 1.83. The molecule has 0 aliphatic rings. The van der Waals surface area contributed by atoms with Crippen molar-refractivity contribution >= 4 is 34.2 Å². The summed E-state index contributed by atoms with van der Waals surface area (Å²) in [6.45, 7) is 0. The van der Waals surface area contributed by atoms with E-state index in [2.05, 4.69) is 6.07 Å². The molecule has 2 rings (SSSR count). The second kappa shape index (κ2) is 3.53. The highest BCUT2D eigenvalue weighted by atomic mass is 35.5. The van der Waals surface area contributed by atoms with E-state index in [-0.39, 0.29) is 0 Å². The summed E-state index contributed by atoms with van der Waals surface area (Å²) >= 11 is 11.8. The lowest BCUT2D eigenvalue weighted by Gasteiger charge is -1.95. The van der Waals surface area contributed by atoms with Gasteiger partial charge < -0.3 is 4.42 Å². The Bertz CT molecular complexity index is 525. The molecule has 1 aromatic carbocycles. The first-order valence-corrected chi connectivity index (χ1v) is 4.70. The van der Waals surface area contributed by atoms with Crippen molar-refractivity contribution < 1.29 is 4.42 Å². The number of nitriles is 1. The zero-order valence-electron chi connectivity index (χ0n) is 7.05. The average molecular weight is 226 g/mol. The van der Waals surface area contributed by atoms with E-state index in [9.17, 15) is 0 Å². The Balaban J connectivity index is 2.73. The second-order valence-corrected chi connectivity index (χ2v) is 3.70. The summed E-state index contributed by atoms with van der Waals surface area (Å²) in [5.74, 6) is 0. The highest BCUT2D eigenvalue weighted by Gasteiger charge is 2.09. The van der Waals surface area contributed by atoms with E-state index in [0.717, 1.165) is 10.9 Å². The predicted octanol–water partition coefficient (Wildman–Crippen LogP) is 3.81. The van der Waals surface area contributed by atoms with Crippen molar-refractivity contribution in [2.75, 3.05) is 0 Å². The lowest BCUT2D eigenvalue weighted by molar-refractivity contribution is 0.612. The van der Waals surface area contributed by atoms with Crippen molar-refractivity contribution in [2.24, 2.45) is 0 Å². The number of furan rings is 1. The second-order valence-electron chi connectivity index (χ2n) is 2.86. The molecular formula is C10H5Cl2NO. The number of fused-ring (bicyclic) bond motifs is 1. The van der Waals surface area contributed by atoms with Crippen LogP contribution in [0.1, 0.15) is 5.56 Å². The molecule has 0 N–H and O–H groups in total. The van der Waals surface area contributed by atoms with Crippen LogP contribution in [0.25, 0.3) is 11.0 Å². The topological polar surface area (TPSA) is 36.9 Å². The van der Waals surface area contributed by atoms with Gasteiger partial charge >= 0.3 is 0 Å². The molecule has 0 saturated carbocycles. The van der Waals surface area contributed by atoms with Gasteiger partial charge in [0.05, 0.1) is 23.8 Å². The SMILES string of the molecule is N#CCc1coc2c(Cl)cc(Cl)cc12. The predicted molar refractivity (Wildman–Crippen MR) is 55.6 cm³/mol. The smallest absolute Gasteiger partial charge is 0.152 e. The van der Waals surface area contributed by atoms with Crippen LogP contribution in [-0.4, -0.2) is 0 Å². The highest BCUT2D eigenvalue weighted by Crippen LogP contribution is 2.31. The monoisotopic (exact) mass is 225 g/mol. The van der Waals surface area contributed by atoms with Gasteiger partial charge in [-0.2, -0.15) is 5.26 Å². The van der Waals surface area contributed by atoms with Crippen molar-refractivity contribution in [3.8, 4) is 6.07 Å². The summed E-state index contributed by atoms with van der Waals surface area (Å²) in [5.41, 5.74) is 1.40. The van der Waals surface area contributed by atoms with Crippen molar-refractivity contribution in [1.29, 1.82) is 5.26 Å². The van der Waals surface area contributed by atoms with E-state index in [1.165, 1.54) is 6.26 Å². The molecule has 4 heteroatoms. The van der Waals surface area contributed by atoms with Crippen LogP contribution in [0.4, 0.5) is 0 Å². The van der Waals surface area contributed by atoms with Crippen LogP contribution in [0, 0.1) is 11.3 Å². The van der Waals surface area contributed by atoms with Gasteiger partial charge in [0.2, 0.25) is 0 Å². The molecule has 0 aliphatic heterocycles. The number of nitrogens with zero attached hydrogens (tertiary/aromatic N) is 1. The molecule has 1 aromatic heterocycles. The van der Waals surface area contributed by atoms with Crippen LogP contribution in [0.15, 0.2) is 22.8 Å². The number of hydrogen-bond acceptors (Lipinski definition) is 2. The van der Waals surface area contributed by atoms with E-state index in [1.54, 1.807) is 12.1 Å². The molecule has 0 aliphatic carbocycles. The third-order valence-electron chi connectivity index (χ3n) is 1.94. The van der Waals surface area contributed by atoms with E-state index >= 15 is 0 Å². The van der Waals surface area contributed by atoms with Crippen LogP contribution in [-0.2, 0) is 6.42 Å². The maximum absolute atomic E-state index is 8.58. The molecule has 0 fully saturated rings. The van der Waals surface area contributed by atoms with Crippen molar-refractivity contribution in [3.05, 3.63) is 34.0 Å². The first kappa shape index (κ1) is 9.39. The summed E-state index contributed by atoms with van der Waals surface area (Å²) in [7, 11) is 0. The molecule has 2 nitrogen and oxygen atoms in total. The Morgan fingerprint density at radius 1 is 1.36 bits per heavy atom. The van der Waals surface area contributed by atoms with Crippen molar-refractivity contribution in [1.82, 2.24) is 0 Å². The number of rotatable bonds is 1. The van der Waals surface area contributed by atoms with Gasteiger partial charge in [0.25, 0.3) is 0 Å². The molecule has 0 amide bonds. The lowest BCUT2D eigenvalue weighted by atomic mass is 10.1. The van der Waals surface area contributed by atoms with Gasteiger partial charge in [0.15, 0.2) is 5.58 Å². The Hall–Kier alpha value is -1.17. The summed E-state index contributed by atoms with van der Waals surface area (Å²) < 4.78 is 5.25. The maximum Gasteiger partial charge on any atom is 0.152 e. The molecule has 0 saturated heterocycles. The molecule has 14 heavy (non-hydrogen) atoms. The zero-order valence-corrected chi connectivity index (χ0v) is 8.56. The number of hydrogen-bond donors (Lipinski definition) is 0. The Morgan fingerprint density at radius 2 is 2.14 bits per heavy atom. The van der Waals surface area contributed by atoms with Crippen molar-refractivity contribution in [2.45, 2.75) is 6.42 Å². The van der Waals surface area contributed by atoms with Gasteiger partial charge in [-0.1, -0.05) is 23.2 Å². The lowest BCUT2D eigenvalue weighted by Crippen LogP contribution is -1.77. The molecule has 0 bridgehead atoms. The van der Waals surface area contributed by atoms with Crippen LogP contribution in [0.5, 0.6) is 0 Å². The highest BCUT2D eigenvalue weighted by molar-refractivity contribution is 6.38. The maximum atomic E-state index is 8.58. The zero-order chi connectivity index (χ0) is 10.1. The third kappa shape index (κ3) is 1.45. The van der Waals surface area contributed by atoms with E-state index in [0.29, 0.717) is 22.0 Å². The Kier molecular flexibility index (Phi) is 2.37. The normalized spacial score (nSPS) is 10.4. The fourth-order valence-corrected chi connectivity index (χ4v) is 1.87. The van der Waals surface area contributed by atoms with Gasteiger partial charge in [0, 0.05) is 16.0 Å². The molecule has 0 radical (unpaired) electrons. The Labute approximate surface area is 90.6 Å². The summed E-state index contributed by atoms with van der Waals surface area (Å²) in [6, 6.07) is 5.42. The van der Waals surface area contributed by atoms with Crippen LogP contribution in [0.3, 0.4) is 0 Å². The van der Waals surface area contributed by atoms with Crippen molar-refractivity contribution in [3.63, 3.8) is 0 Å². The van der Waals surface area contributed by atoms with E-state index < -0.39 is 0 Å². The van der Waals surface area contributed by atoms with Gasteiger partial charge in [-0.15, -0.1) is 0 Å². The molecule has 2 aromatic rings. The molecule has 70 valence electrons. The van der Waals surface area contributed by atoms with Gasteiger partial charge in [-0.3, -0.25) is 0 Å². The van der Waals surface area contributed by atoms with Crippen LogP contribution in [0.2, 0.25) is 10.0 Å². The quantitative estimate of drug-likeness (QED) is 0.741. The molecule has 1 heterocycles. The first-order chi connectivity index (χ1) is 6.72. The molecular weight excluding hydrogens is 221 g/mol. The fraction of sp³-hybridized carbons (Fsp3) is 0.100. The van der Waals surface area contributed by atoms with E-state index in [1.807, 2.05) is 0 Å².